The molecule has 1 aromatic heterocycles. The first kappa shape index (κ1) is 18.2. The monoisotopic (exact) mass is 345 g/mol. The maximum atomic E-state index is 5.37. The van der Waals surface area contributed by atoms with Crippen molar-refractivity contribution in [2.24, 2.45) is 5.10 Å². The summed E-state index contributed by atoms with van der Waals surface area (Å²) in [7, 11) is 3.17. The quantitative estimate of drug-likeness (QED) is 0.469. The van der Waals surface area contributed by atoms with Crippen LogP contribution in [0.5, 0.6) is 11.5 Å². The van der Waals surface area contributed by atoms with E-state index in [0.29, 0.717) is 42.4 Å². The molecule has 1 aromatic carbocycles. The van der Waals surface area contributed by atoms with E-state index in [-0.39, 0.29) is 0 Å². The average Bonchev–Trinajstić information content (AvgIpc) is 2.62. The molecule has 25 heavy (non-hydrogen) atoms. The summed E-state index contributed by atoms with van der Waals surface area (Å²) < 4.78 is 10.6. The highest BCUT2D eigenvalue weighted by atomic mass is 16.5. The van der Waals surface area contributed by atoms with Gasteiger partial charge in [-0.2, -0.15) is 20.1 Å². The summed E-state index contributed by atoms with van der Waals surface area (Å²) in [5.41, 5.74) is 3.58. The van der Waals surface area contributed by atoms with E-state index in [4.69, 9.17) is 9.47 Å². The molecule has 0 atom stereocenters. The van der Waals surface area contributed by atoms with Crippen LogP contribution in [0.15, 0.2) is 23.3 Å². The van der Waals surface area contributed by atoms with Gasteiger partial charge in [-0.25, -0.2) is 5.43 Å². The number of benzene rings is 1. The lowest BCUT2D eigenvalue weighted by molar-refractivity contribution is 0.354. The van der Waals surface area contributed by atoms with Crippen molar-refractivity contribution in [2.45, 2.75) is 13.8 Å². The first-order valence-corrected chi connectivity index (χ1v) is 7.95. The Morgan fingerprint density at radius 1 is 0.960 bits per heavy atom. The zero-order valence-electron chi connectivity index (χ0n) is 14.8. The van der Waals surface area contributed by atoms with E-state index in [1.165, 1.54) is 0 Å². The van der Waals surface area contributed by atoms with E-state index < -0.39 is 0 Å². The molecule has 2 rings (SSSR count). The topological polar surface area (TPSA) is 106 Å². The van der Waals surface area contributed by atoms with Crippen molar-refractivity contribution < 1.29 is 9.47 Å². The first-order chi connectivity index (χ1) is 12.2. The number of anilines is 3. The fraction of sp³-hybridized carbons (Fsp3) is 0.375. The van der Waals surface area contributed by atoms with Gasteiger partial charge in [-0.3, -0.25) is 0 Å². The number of aromatic nitrogens is 3. The molecule has 9 heteroatoms. The van der Waals surface area contributed by atoms with Gasteiger partial charge in [0.15, 0.2) is 11.5 Å². The Kier molecular flexibility index (Phi) is 6.76. The highest BCUT2D eigenvalue weighted by Crippen LogP contribution is 2.29. The van der Waals surface area contributed by atoms with Crippen LogP contribution in [-0.4, -0.2) is 48.5 Å². The molecule has 0 aliphatic rings. The number of nitrogens with one attached hydrogen (secondary N) is 3. The Bertz CT molecular complexity index is 697. The molecule has 0 radical (unpaired) electrons. The number of para-hydroxylation sites is 1. The van der Waals surface area contributed by atoms with Gasteiger partial charge >= 0.3 is 0 Å². The average molecular weight is 345 g/mol. The van der Waals surface area contributed by atoms with Crippen molar-refractivity contribution >= 4 is 24.1 Å². The van der Waals surface area contributed by atoms with Crippen LogP contribution in [0.2, 0.25) is 0 Å². The second-order valence-corrected chi connectivity index (χ2v) is 4.82. The molecule has 0 fully saturated rings. The molecule has 3 N–H and O–H groups in total. The van der Waals surface area contributed by atoms with Gasteiger partial charge in [0.05, 0.1) is 20.4 Å². The Morgan fingerprint density at radius 3 is 2.16 bits per heavy atom. The molecule has 0 amide bonds. The largest absolute Gasteiger partial charge is 0.493 e. The lowest BCUT2D eigenvalue weighted by Crippen LogP contribution is -2.10. The van der Waals surface area contributed by atoms with Gasteiger partial charge < -0.3 is 20.1 Å². The molecule has 0 spiro atoms. The first-order valence-electron chi connectivity index (χ1n) is 7.95. The number of hydrogen-bond donors (Lipinski definition) is 3. The standard InChI is InChI=1S/C16H23N7O2/c1-5-17-14-20-15(18-6-2)22-16(21-14)23-19-10-11-8-7-9-12(24-3)13(11)25-4/h7-10H,5-6H2,1-4H3,(H3,17,18,20,21,22,23). The van der Waals surface area contributed by atoms with E-state index in [1.807, 2.05) is 32.0 Å². The third kappa shape index (κ3) is 4.93. The molecule has 0 saturated carbocycles. The van der Waals surface area contributed by atoms with E-state index >= 15 is 0 Å². The summed E-state index contributed by atoms with van der Waals surface area (Å²) in [6.45, 7) is 5.35. The zero-order valence-corrected chi connectivity index (χ0v) is 14.8. The van der Waals surface area contributed by atoms with Crippen LogP contribution in [-0.2, 0) is 0 Å². The van der Waals surface area contributed by atoms with Crippen molar-refractivity contribution in [1.29, 1.82) is 0 Å². The smallest absolute Gasteiger partial charge is 0.250 e. The van der Waals surface area contributed by atoms with Crippen molar-refractivity contribution in [1.82, 2.24) is 15.0 Å². The molecule has 0 unspecified atom stereocenters. The van der Waals surface area contributed by atoms with Gasteiger partial charge in [0.1, 0.15) is 0 Å². The van der Waals surface area contributed by atoms with Crippen LogP contribution in [0.1, 0.15) is 19.4 Å². The van der Waals surface area contributed by atoms with Crippen LogP contribution in [0.4, 0.5) is 17.8 Å². The van der Waals surface area contributed by atoms with E-state index in [9.17, 15) is 0 Å². The van der Waals surface area contributed by atoms with Crippen molar-refractivity contribution in [3.8, 4) is 11.5 Å². The number of nitrogens with zero attached hydrogens (tertiary/aromatic N) is 4. The fourth-order valence-corrected chi connectivity index (χ4v) is 2.07. The lowest BCUT2D eigenvalue weighted by Gasteiger charge is -2.10. The summed E-state index contributed by atoms with van der Waals surface area (Å²) in [6, 6.07) is 5.55. The fourth-order valence-electron chi connectivity index (χ4n) is 2.07. The minimum Gasteiger partial charge on any atom is -0.493 e. The predicted octanol–water partition coefficient (Wildman–Crippen LogP) is 2.20. The summed E-state index contributed by atoms with van der Waals surface area (Å²) >= 11 is 0. The number of hydrogen-bond acceptors (Lipinski definition) is 9. The molecule has 2 aromatic rings. The van der Waals surface area contributed by atoms with Gasteiger partial charge in [0.25, 0.3) is 0 Å². The Morgan fingerprint density at radius 2 is 1.60 bits per heavy atom. The van der Waals surface area contributed by atoms with Gasteiger partial charge in [-0.15, -0.1) is 0 Å². The normalized spacial score (nSPS) is 10.6. The summed E-state index contributed by atoms with van der Waals surface area (Å²) in [5.74, 6) is 2.53. The highest BCUT2D eigenvalue weighted by Gasteiger charge is 2.08. The van der Waals surface area contributed by atoms with Gasteiger partial charge in [0, 0.05) is 18.7 Å². The number of hydrazone groups is 1. The molecule has 9 nitrogen and oxygen atoms in total. The van der Waals surface area contributed by atoms with Crippen molar-refractivity contribution in [3.05, 3.63) is 23.8 Å². The summed E-state index contributed by atoms with van der Waals surface area (Å²) in [4.78, 5) is 12.8. The molecule has 0 aliphatic carbocycles. The Balaban J connectivity index is 2.19. The van der Waals surface area contributed by atoms with E-state index in [2.05, 4.69) is 36.1 Å². The predicted molar refractivity (Wildman–Crippen MR) is 98.9 cm³/mol. The highest BCUT2D eigenvalue weighted by molar-refractivity contribution is 5.85. The maximum absolute atomic E-state index is 5.37. The van der Waals surface area contributed by atoms with Crippen LogP contribution in [0, 0.1) is 0 Å². The molecular weight excluding hydrogens is 322 g/mol. The summed E-state index contributed by atoms with van der Waals surface area (Å²) in [5, 5.41) is 10.3. The minimum atomic E-state index is 0.333. The Hall–Kier alpha value is -3.10. The third-order valence-electron chi connectivity index (χ3n) is 3.11. The summed E-state index contributed by atoms with van der Waals surface area (Å²) in [6.07, 6.45) is 1.62. The molecule has 1 heterocycles. The lowest BCUT2D eigenvalue weighted by atomic mass is 10.2. The van der Waals surface area contributed by atoms with Crippen LogP contribution in [0.3, 0.4) is 0 Å². The number of ether oxygens (including phenoxy) is 2. The third-order valence-corrected chi connectivity index (χ3v) is 3.11. The Labute approximate surface area is 146 Å². The molecule has 0 bridgehead atoms. The molecule has 134 valence electrons. The number of rotatable bonds is 9. The van der Waals surface area contributed by atoms with Gasteiger partial charge in [0.2, 0.25) is 17.8 Å². The number of methoxy groups -OCH3 is 2. The maximum Gasteiger partial charge on any atom is 0.250 e. The van der Waals surface area contributed by atoms with Crippen molar-refractivity contribution in [3.63, 3.8) is 0 Å². The van der Waals surface area contributed by atoms with Crippen molar-refractivity contribution in [2.75, 3.05) is 43.4 Å². The van der Waals surface area contributed by atoms with E-state index in [0.717, 1.165) is 5.56 Å². The van der Waals surface area contributed by atoms with Crippen LogP contribution < -0.4 is 25.5 Å². The second kappa shape index (κ2) is 9.26. The minimum absolute atomic E-state index is 0.333. The van der Waals surface area contributed by atoms with E-state index in [1.54, 1.807) is 20.4 Å². The van der Waals surface area contributed by atoms with Crippen LogP contribution >= 0.6 is 0 Å². The SMILES string of the molecule is CCNc1nc(NCC)nc(NN=Cc2cccc(OC)c2OC)n1. The molecule has 0 saturated heterocycles. The van der Waals surface area contributed by atoms with Gasteiger partial charge in [-0.1, -0.05) is 6.07 Å². The van der Waals surface area contributed by atoms with Crippen LogP contribution in [0.25, 0.3) is 0 Å². The van der Waals surface area contributed by atoms with Gasteiger partial charge in [-0.05, 0) is 26.0 Å². The zero-order chi connectivity index (χ0) is 18.1. The molecular formula is C16H23N7O2. The second-order valence-electron chi connectivity index (χ2n) is 4.82. The molecule has 0 aliphatic heterocycles.